The molecule has 1 aromatic heterocycles. The zero-order valence-electron chi connectivity index (χ0n) is 16.5. The van der Waals surface area contributed by atoms with Crippen LogP contribution in [0.4, 0.5) is 0 Å². The van der Waals surface area contributed by atoms with E-state index >= 15 is 0 Å². The van der Waals surface area contributed by atoms with Crippen LogP contribution in [-0.4, -0.2) is 50.2 Å². The van der Waals surface area contributed by atoms with Crippen LogP contribution in [0.15, 0.2) is 59.6 Å². The van der Waals surface area contributed by atoms with Gasteiger partial charge in [-0.25, -0.2) is 9.48 Å². The summed E-state index contributed by atoms with van der Waals surface area (Å²) >= 11 is 0. The molecule has 9 nitrogen and oxygen atoms in total. The van der Waals surface area contributed by atoms with Crippen LogP contribution in [-0.2, 0) is 25.5 Å². The Morgan fingerprint density at radius 1 is 1.03 bits per heavy atom. The number of carbonyl (C=O) groups is 1. The molecule has 10 heteroatoms. The SMILES string of the molecule is COC(=O)c1ccc(-n2cc(CCCOS(=O)(=O)c3ccc(OC)cc3)nn2)cc1. The molecule has 3 rings (SSSR count). The van der Waals surface area contributed by atoms with Crippen LogP contribution in [0.1, 0.15) is 22.5 Å². The molecule has 2 aromatic carbocycles. The van der Waals surface area contributed by atoms with Gasteiger partial charge in [0.25, 0.3) is 10.1 Å². The van der Waals surface area contributed by atoms with Crippen molar-refractivity contribution in [3.05, 3.63) is 66.0 Å². The van der Waals surface area contributed by atoms with E-state index in [0.29, 0.717) is 29.8 Å². The molecular weight excluding hydrogens is 410 g/mol. The lowest BCUT2D eigenvalue weighted by Gasteiger charge is -2.06. The first-order chi connectivity index (χ1) is 14.4. The second-order valence-corrected chi connectivity index (χ2v) is 7.86. The normalized spacial score (nSPS) is 11.3. The maximum atomic E-state index is 12.2. The maximum absolute atomic E-state index is 12.2. The fraction of sp³-hybridized carbons (Fsp3) is 0.250. The number of hydrogen-bond acceptors (Lipinski definition) is 8. The van der Waals surface area contributed by atoms with Gasteiger partial charge in [0, 0.05) is 0 Å². The van der Waals surface area contributed by atoms with E-state index in [1.165, 1.54) is 26.4 Å². The number of ether oxygens (including phenoxy) is 2. The number of hydrogen-bond donors (Lipinski definition) is 0. The minimum atomic E-state index is -3.83. The van der Waals surface area contributed by atoms with Gasteiger partial charge in [0.05, 0.1) is 48.9 Å². The van der Waals surface area contributed by atoms with Crippen LogP contribution in [0.2, 0.25) is 0 Å². The van der Waals surface area contributed by atoms with Crippen LogP contribution in [0.5, 0.6) is 5.75 Å². The van der Waals surface area contributed by atoms with Crippen molar-refractivity contribution in [1.29, 1.82) is 0 Å². The number of aryl methyl sites for hydroxylation is 1. The Kier molecular flexibility index (Phi) is 6.80. The van der Waals surface area contributed by atoms with Crippen molar-refractivity contribution in [2.75, 3.05) is 20.8 Å². The Labute approximate surface area is 174 Å². The van der Waals surface area contributed by atoms with Crippen LogP contribution in [0, 0.1) is 0 Å². The number of nitrogens with zero attached hydrogens (tertiary/aromatic N) is 3. The summed E-state index contributed by atoms with van der Waals surface area (Å²) in [5.41, 5.74) is 1.87. The molecule has 0 saturated heterocycles. The van der Waals surface area contributed by atoms with Gasteiger partial charge < -0.3 is 9.47 Å². The summed E-state index contributed by atoms with van der Waals surface area (Å²) in [7, 11) is -0.993. The summed E-state index contributed by atoms with van der Waals surface area (Å²) in [5.74, 6) is 0.155. The van der Waals surface area contributed by atoms with E-state index in [-0.39, 0.29) is 11.5 Å². The van der Waals surface area contributed by atoms with Crippen LogP contribution in [0.25, 0.3) is 5.69 Å². The summed E-state index contributed by atoms with van der Waals surface area (Å²) in [6, 6.07) is 12.7. The first-order valence-electron chi connectivity index (χ1n) is 9.06. The molecule has 0 radical (unpaired) electrons. The summed E-state index contributed by atoms with van der Waals surface area (Å²) in [5, 5.41) is 8.13. The summed E-state index contributed by atoms with van der Waals surface area (Å²) in [6.07, 6.45) is 2.69. The second kappa shape index (κ2) is 9.51. The highest BCUT2D eigenvalue weighted by molar-refractivity contribution is 7.86. The predicted octanol–water partition coefficient (Wildman–Crippen LogP) is 2.40. The van der Waals surface area contributed by atoms with Gasteiger partial charge in [0.15, 0.2) is 0 Å². The molecule has 3 aromatic rings. The van der Waals surface area contributed by atoms with E-state index in [4.69, 9.17) is 8.92 Å². The molecule has 0 amide bonds. The van der Waals surface area contributed by atoms with Gasteiger partial charge in [0.1, 0.15) is 5.75 Å². The van der Waals surface area contributed by atoms with Crippen molar-refractivity contribution in [2.24, 2.45) is 0 Å². The molecule has 0 aliphatic rings. The molecule has 0 atom stereocenters. The van der Waals surface area contributed by atoms with E-state index in [0.717, 1.165) is 5.69 Å². The van der Waals surface area contributed by atoms with Gasteiger partial charge in [-0.3, -0.25) is 4.18 Å². The third kappa shape index (κ3) is 5.22. The average molecular weight is 431 g/mol. The van der Waals surface area contributed by atoms with Gasteiger partial charge >= 0.3 is 5.97 Å². The highest BCUT2D eigenvalue weighted by Crippen LogP contribution is 2.18. The standard InChI is InChI=1S/C20H21N3O6S/c1-27-18-9-11-19(12-10-18)30(25,26)29-13-3-4-16-14-23(22-21-16)17-7-5-15(6-8-17)20(24)28-2/h5-12,14H,3-4,13H2,1-2H3. The third-order valence-corrected chi connectivity index (χ3v) is 5.58. The first kappa shape index (κ1) is 21.5. The van der Waals surface area contributed by atoms with Gasteiger partial charge in [-0.1, -0.05) is 5.21 Å². The molecule has 0 fully saturated rings. The second-order valence-electron chi connectivity index (χ2n) is 6.25. The lowest BCUT2D eigenvalue weighted by molar-refractivity contribution is 0.0600. The topological polar surface area (TPSA) is 110 Å². The summed E-state index contributed by atoms with van der Waals surface area (Å²) < 4.78 is 40.7. The van der Waals surface area contributed by atoms with Gasteiger partial charge in [-0.15, -0.1) is 5.10 Å². The van der Waals surface area contributed by atoms with Crippen molar-refractivity contribution >= 4 is 16.1 Å². The molecule has 0 aliphatic carbocycles. The molecule has 0 unspecified atom stereocenters. The van der Waals surface area contributed by atoms with Gasteiger partial charge in [-0.05, 0) is 61.4 Å². The Morgan fingerprint density at radius 3 is 2.37 bits per heavy atom. The molecule has 0 N–H and O–H groups in total. The van der Waals surface area contributed by atoms with Gasteiger partial charge in [-0.2, -0.15) is 8.42 Å². The summed E-state index contributed by atoms with van der Waals surface area (Å²) in [6.45, 7) is 0.0229. The largest absolute Gasteiger partial charge is 0.497 e. The molecule has 0 saturated carbocycles. The van der Waals surface area contributed by atoms with E-state index in [2.05, 4.69) is 15.0 Å². The molecule has 0 aliphatic heterocycles. The maximum Gasteiger partial charge on any atom is 0.337 e. The first-order valence-corrected chi connectivity index (χ1v) is 10.5. The van der Waals surface area contributed by atoms with Crippen molar-refractivity contribution in [3.8, 4) is 11.4 Å². The van der Waals surface area contributed by atoms with Crippen molar-refractivity contribution in [3.63, 3.8) is 0 Å². The number of benzene rings is 2. The van der Waals surface area contributed by atoms with Crippen molar-refractivity contribution < 1.29 is 26.9 Å². The van der Waals surface area contributed by atoms with E-state index in [1.54, 1.807) is 47.3 Å². The van der Waals surface area contributed by atoms with Gasteiger partial charge in [0.2, 0.25) is 0 Å². The Morgan fingerprint density at radius 2 is 1.73 bits per heavy atom. The van der Waals surface area contributed by atoms with E-state index < -0.39 is 16.1 Å². The molecule has 30 heavy (non-hydrogen) atoms. The fourth-order valence-electron chi connectivity index (χ4n) is 2.64. The quantitative estimate of drug-likeness (QED) is 0.289. The van der Waals surface area contributed by atoms with Crippen molar-refractivity contribution in [1.82, 2.24) is 15.0 Å². The Hall–Kier alpha value is -3.24. The molecule has 0 spiro atoms. The number of aromatic nitrogens is 3. The number of carbonyl (C=O) groups excluding carboxylic acids is 1. The smallest absolute Gasteiger partial charge is 0.337 e. The van der Waals surface area contributed by atoms with Crippen LogP contribution >= 0.6 is 0 Å². The van der Waals surface area contributed by atoms with E-state index in [1.807, 2.05) is 0 Å². The summed E-state index contributed by atoms with van der Waals surface area (Å²) in [4.78, 5) is 11.6. The van der Waals surface area contributed by atoms with Crippen LogP contribution < -0.4 is 4.74 Å². The lowest BCUT2D eigenvalue weighted by Crippen LogP contribution is -2.08. The predicted molar refractivity (Wildman–Crippen MR) is 107 cm³/mol. The zero-order valence-corrected chi connectivity index (χ0v) is 17.3. The third-order valence-electron chi connectivity index (χ3n) is 4.26. The lowest BCUT2D eigenvalue weighted by atomic mass is 10.2. The monoisotopic (exact) mass is 431 g/mol. The fourth-order valence-corrected chi connectivity index (χ4v) is 3.58. The highest BCUT2D eigenvalue weighted by atomic mass is 32.2. The van der Waals surface area contributed by atoms with Crippen LogP contribution in [0.3, 0.4) is 0 Å². The van der Waals surface area contributed by atoms with Crippen molar-refractivity contribution in [2.45, 2.75) is 17.7 Å². The zero-order chi connectivity index (χ0) is 21.6. The molecular formula is C20H21N3O6S. The average Bonchev–Trinajstić information content (AvgIpc) is 3.25. The number of esters is 1. The highest BCUT2D eigenvalue weighted by Gasteiger charge is 2.15. The molecule has 1 heterocycles. The molecule has 158 valence electrons. The number of methoxy groups -OCH3 is 2. The minimum absolute atomic E-state index is 0.0229. The molecule has 0 bridgehead atoms. The van der Waals surface area contributed by atoms with E-state index in [9.17, 15) is 13.2 Å². The number of rotatable bonds is 9. The Bertz CT molecular complexity index is 1090. The minimum Gasteiger partial charge on any atom is -0.497 e. The Balaban J connectivity index is 1.52.